The van der Waals surface area contributed by atoms with Gasteiger partial charge in [-0.25, -0.2) is 4.98 Å². The van der Waals surface area contributed by atoms with Crippen molar-refractivity contribution in [3.8, 4) is 0 Å². The van der Waals surface area contributed by atoms with Crippen LogP contribution in [0.5, 0.6) is 0 Å². The molecule has 0 unspecified atom stereocenters. The summed E-state index contributed by atoms with van der Waals surface area (Å²) in [4.78, 5) is 20.9. The maximum atomic E-state index is 12.0. The van der Waals surface area contributed by atoms with Crippen LogP contribution in [0.2, 0.25) is 0 Å². The van der Waals surface area contributed by atoms with Crippen molar-refractivity contribution >= 4 is 11.7 Å². The Balaban J connectivity index is 1.75. The fourth-order valence-corrected chi connectivity index (χ4v) is 2.35. The van der Waals surface area contributed by atoms with Gasteiger partial charge in [0.25, 0.3) is 0 Å². The normalized spacial score (nSPS) is 17.8. The van der Waals surface area contributed by atoms with Gasteiger partial charge in [-0.2, -0.15) is 0 Å². The third kappa shape index (κ3) is 4.70. The van der Waals surface area contributed by atoms with Crippen molar-refractivity contribution in [2.75, 3.05) is 37.6 Å². The van der Waals surface area contributed by atoms with Gasteiger partial charge in [0.2, 0.25) is 5.91 Å². The Labute approximate surface area is 127 Å². The molecule has 2 heterocycles. The second kappa shape index (κ2) is 7.41. The van der Waals surface area contributed by atoms with E-state index in [0.717, 1.165) is 32.0 Å². The summed E-state index contributed by atoms with van der Waals surface area (Å²) in [6.07, 6.45) is 1.82. The van der Waals surface area contributed by atoms with Crippen LogP contribution in [-0.4, -0.2) is 54.6 Å². The molecule has 1 fully saturated rings. The minimum absolute atomic E-state index is 0.127. The molecule has 1 aliphatic rings. The van der Waals surface area contributed by atoms with Crippen LogP contribution < -0.4 is 10.2 Å². The Morgan fingerprint density at radius 2 is 1.95 bits per heavy atom. The molecule has 1 aromatic heterocycles. The molecule has 1 saturated heterocycles. The standard InChI is InChI=1S/C16H26N4O/c1-13(2)14(3)18-16(21)12-19-8-10-20(11-9-19)15-6-4-5-7-17-15/h4-7,13-14H,8-12H2,1-3H3,(H,18,21)/t14-/m1/s1. The first-order valence-electron chi connectivity index (χ1n) is 7.74. The first-order valence-corrected chi connectivity index (χ1v) is 7.74. The molecule has 0 saturated carbocycles. The molecule has 0 aliphatic carbocycles. The van der Waals surface area contributed by atoms with Gasteiger partial charge in [-0.15, -0.1) is 0 Å². The second-order valence-electron chi connectivity index (χ2n) is 6.05. The van der Waals surface area contributed by atoms with E-state index in [1.54, 1.807) is 0 Å². The Hall–Kier alpha value is -1.62. The number of nitrogens with one attached hydrogen (secondary N) is 1. The summed E-state index contributed by atoms with van der Waals surface area (Å²) in [6, 6.07) is 6.20. The molecule has 0 aromatic carbocycles. The summed E-state index contributed by atoms with van der Waals surface area (Å²) in [7, 11) is 0. The Morgan fingerprint density at radius 1 is 1.24 bits per heavy atom. The van der Waals surface area contributed by atoms with Gasteiger partial charge in [0.1, 0.15) is 5.82 Å². The highest BCUT2D eigenvalue weighted by molar-refractivity contribution is 5.78. The first kappa shape index (κ1) is 15.8. The summed E-state index contributed by atoms with van der Waals surface area (Å²) in [5.41, 5.74) is 0. The van der Waals surface area contributed by atoms with Crippen LogP contribution in [0.1, 0.15) is 20.8 Å². The lowest BCUT2D eigenvalue weighted by Gasteiger charge is -2.35. The number of aromatic nitrogens is 1. The molecule has 116 valence electrons. The number of rotatable bonds is 5. The zero-order valence-corrected chi connectivity index (χ0v) is 13.2. The average molecular weight is 290 g/mol. The van der Waals surface area contributed by atoms with Crippen LogP contribution in [0.3, 0.4) is 0 Å². The van der Waals surface area contributed by atoms with Crippen LogP contribution in [0.4, 0.5) is 5.82 Å². The zero-order chi connectivity index (χ0) is 15.2. The highest BCUT2D eigenvalue weighted by atomic mass is 16.2. The van der Waals surface area contributed by atoms with Crippen molar-refractivity contribution in [2.45, 2.75) is 26.8 Å². The second-order valence-corrected chi connectivity index (χ2v) is 6.05. The van der Waals surface area contributed by atoms with E-state index in [0.29, 0.717) is 12.5 Å². The van der Waals surface area contributed by atoms with E-state index in [9.17, 15) is 4.79 Å². The van der Waals surface area contributed by atoms with E-state index in [1.165, 1.54) is 0 Å². The van der Waals surface area contributed by atoms with Crippen LogP contribution in [0, 0.1) is 5.92 Å². The van der Waals surface area contributed by atoms with Crippen LogP contribution >= 0.6 is 0 Å². The van der Waals surface area contributed by atoms with Gasteiger partial charge < -0.3 is 10.2 Å². The predicted octanol–water partition coefficient (Wildman–Crippen LogP) is 1.36. The quantitative estimate of drug-likeness (QED) is 0.889. The molecule has 0 spiro atoms. The van der Waals surface area contributed by atoms with Crippen molar-refractivity contribution in [2.24, 2.45) is 5.92 Å². The van der Waals surface area contributed by atoms with Gasteiger partial charge in [-0.3, -0.25) is 9.69 Å². The van der Waals surface area contributed by atoms with Crippen LogP contribution in [-0.2, 0) is 4.79 Å². The largest absolute Gasteiger partial charge is 0.354 e. The molecular formula is C16H26N4O. The molecule has 0 radical (unpaired) electrons. The van der Waals surface area contributed by atoms with Gasteiger partial charge in [0.05, 0.1) is 6.54 Å². The molecule has 1 aliphatic heterocycles. The maximum absolute atomic E-state index is 12.0. The van der Waals surface area contributed by atoms with Gasteiger partial charge in [0.15, 0.2) is 0 Å². The molecule has 5 nitrogen and oxygen atoms in total. The fraction of sp³-hybridized carbons (Fsp3) is 0.625. The Kier molecular flexibility index (Phi) is 5.56. The predicted molar refractivity (Wildman–Crippen MR) is 85.3 cm³/mol. The Bertz CT molecular complexity index is 441. The van der Waals surface area contributed by atoms with Crippen molar-refractivity contribution in [3.05, 3.63) is 24.4 Å². The SMILES string of the molecule is CC(C)[C@@H](C)NC(=O)CN1CCN(c2ccccn2)CC1. The van der Waals surface area contributed by atoms with Crippen molar-refractivity contribution in [1.29, 1.82) is 0 Å². The van der Waals surface area contributed by atoms with Gasteiger partial charge in [0, 0.05) is 38.4 Å². The minimum Gasteiger partial charge on any atom is -0.354 e. The van der Waals surface area contributed by atoms with Crippen LogP contribution in [0.25, 0.3) is 0 Å². The van der Waals surface area contributed by atoms with Crippen molar-refractivity contribution < 1.29 is 4.79 Å². The lowest BCUT2D eigenvalue weighted by atomic mass is 10.1. The first-order chi connectivity index (χ1) is 10.1. The number of amides is 1. The lowest BCUT2D eigenvalue weighted by Crippen LogP contribution is -2.50. The van der Waals surface area contributed by atoms with Crippen molar-refractivity contribution in [3.63, 3.8) is 0 Å². The van der Waals surface area contributed by atoms with E-state index in [4.69, 9.17) is 0 Å². The number of nitrogens with zero attached hydrogens (tertiary/aromatic N) is 3. The molecule has 2 rings (SSSR count). The third-order valence-corrected chi connectivity index (χ3v) is 4.10. The Morgan fingerprint density at radius 3 is 2.52 bits per heavy atom. The number of anilines is 1. The summed E-state index contributed by atoms with van der Waals surface area (Å²) < 4.78 is 0. The summed E-state index contributed by atoms with van der Waals surface area (Å²) in [6.45, 7) is 10.4. The zero-order valence-electron chi connectivity index (χ0n) is 13.2. The number of carbonyl (C=O) groups excluding carboxylic acids is 1. The summed E-state index contributed by atoms with van der Waals surface area (Å²) in [5.74, 6) is 1.62. The van der Waals surface area contributed by atoms with Gasteiger partial charge >= 0.3 is 0 Å². The number of hydrogen-bond acceptors (Lipinski definition) is 4. The molecule has 1 amide bonds. The van der Waals surface area contributed by atoms with E-state index in [-0.39, 0.29) is 11.9 Å². The number of carbonyl (C=O) groups is 1. The van der Waals surface area contributed by atoms with E-state index < -0.39 is 0 Å². The number of hydrogen-bond donors (Lipinski definition) is 1. The van der Waals surface area contributed by atoms with E-state index >= 15 is 0 Å². The molecule has 1 N–H and O–H groups in total. The summed E-state index contributed by atoms with van der Waals surface area (Å²) in [5, 5.41) is 3.06. The van der Waals surface area contributed by atoms with E-state index in [1.807, 2.05) is 24.4 Å². The molecule has 5 heteroatoms. The van der Waals surface area contributed by atoms with Crippen molar-refractivity contribution in [1.82, 2.24) is 15.2 Å². The minimum atomic E-state index is 0.127. The molecule has 1 aromatic rings. The molecule has 21 heavy (non-hydrogen) atoms. The maximum Gasteiger partial charge on any atom is 0.234 e. The highest BCUT2D eigenvalue weighted by Crippen LogP contribution is 2.12. The number of piperazine rings is 1. The third-order valence-electron chi connectivity index (χ3n) is 4.10. The number of pyridine rings is 1. The van der Waals surface area contributed by atoms with Gasteiger partial charge in [-0.1, -0.05) is 19.9 Å². The lowest BCUT2D eigenvalue weighted by molar-refractivity contribution is -0.123. The fourth-order valence-electron chi connectivity index (χ4n) is 2.35. The molecule has 1 atom stereocenters. The molecule has 0 bridgehead atoms. The smallest absolute Gasteiger partial charge is 0.234 e. The van der Waals surface area contributed by atoms with Crippen LogP contribution in [0.15, 0.2) is 24.4 Å². The average Bonchev–Trinajstić information content (AvgIpc) is 2.48. The topological polar surface area (TPSA) is 48.5 Å². The highest BCUT2D eigenvalue weighted by Gasteiger charge is 2.20. The van der Waals surface area contributed by atoms with Gasteiger partial charge in [-0.05, 0) is 25.0 Å². The van der Waals surface area contributed by atoms with E-state index in [2.05, 4.69) is 40.9 Å². The molecular weight excluding hydrogens is 264 g/mol. The summed E-state index contributed by atoms with van der Waals surface area (Å²) >= 11 is 0. The monoisotopic (exact) mass is 290 g/mol.